The van der Waals surface area contributed by atoms with Gasteiger partial charge in [-0.2, -0.15) is 13.2 Å². The van der Waals surface area contributed by atoms with Gasteiger partial charge in [0.25, 0.3) is 5.91 Å². The van der Waals surface area contributed by atoms with Crippen molar-refractivity contribution in [3.05, 3.63) is 68.6 Å². The summed E-state index contributed by atoms with van der Waals surface area (Å²) < 4.78 is 44.5. The first kappa shape index (κ1) is 28.2. The second-order valence-electron chi connectivity index (χ2n) is 10.4. The molecule has 212 valence electrons. The zero-order valence-corrected chi connectivity index (χ0v) is 22.7. The summed E-state index contributed by atoms with van der Waals surface area (Å²) >= 11 is 1.41. The highest BCUT2D eigenvalue weighted by Gasteiger charge is 2.39. The number of amides is 1. The zero-order valence-electron chi connectivity index (χ0n) is 21.9. The van der Waals surface area contributed by atoms with Crippen molar-refractivity contribution in [3.8, 4) is 11.5 Å². The molecule has 0 unspecified atom stereocenters. The average Bonchev–Trinajstić information content (AvgIpc) is 3.24. The van der Waals surface area contributed by atoms with Gasteiger partial charge in [0.2, 0.25) is 5.75 Å². The van der Waals surface area contributed by atoms with E-state index >= 15 is 0 Å². The maximum Gasteiger partial charge on any atom is 0.416 e. The van der Waals surface area contributed by atoms with Crippen molar-refractivity contribution in [2.45, 2.75) is 82.5 Å². The lowest BCUT2D eigenvalue weighted by atomic mass is 9.94. The van der Waals surface area contributed by atoms with Crippen LogP contribution >= 0.6 is 11.8 Å². The van der Waals surface area contributed by atoms with E-state index < -0.39 is 22.4 Å². The van der Waals surface area contributed by atoms with Crippen LogP contribution in [0.15, 0.2) is 52.4 Å². The van der Waals surface area contributed by atoms with Crippen molar-refractivity contribution in [3.63, 3.8) is 0 Å². The van der Waals surface area contributed by atoms with Crippen LogP contribution in [0.2, 0.25) is 0 Å². The van der Waals surface area contributed by atoms with Crippen LogP contribution in [0.25, 0.3) is 6.08 Å². The van der Waals surface area contributed by atoms with Gasteiger partial charge in [-0.3, -0.25) is 24.8 Å². The van der Waals surface area contributed by atoms with Crippen LogP contribution in [0.3, 0.4) is 0 Å². The Morgan fingerprint density at radius 1 is 0.975 bits per heavy atom. The third kappa shape index (κ3) is 6.51. The number of carbonyl (C=O) groups is 1. The van der Waals surface area contributed by atoms with E-state index in [4.69, 9.17) is 9.73 Å². The molecule has 1 amide bonds. The summed E-state index contributed by atoms with van der Waals surface area (Å²) in [4.78, 5) is 31.6. The fraction of sp³-hybridized carbons (Fsp3) is 0.448. The third-order valence-corrected chi connectivity index (χ3v) is 8.53. The molecule has 3 fully saturated rings. The number of nitro groups is 1. The quantitative estimate of drug-likeness (QED) is 0.197. The molecule has 0 bridgehead atoms. The predicted molar refractivity (Wildman–Crippen MR) is 148 cm³/mol. The molecule has 40 heavy (non-hydrogen) atoms. The van der Waals surface area contributed by atoms with Crippen molar-refractivity contribution in [2.24, 2.45) is 4.99 Å². The number of aliphatic imine (C=N–C) groups is 1. The molecule has 2 aromatic rings. The van der Waals surface area contributed by atoms with Crippen molar-refractivity contribution >= 4 is 34.6 Å². The van der Waals surface area contributed by atoms with Crippen LogP contribution in [0, 0.1) is 10.1 Å². The molecule has 0 N–H and O–H groups in total. The van der Waals surface area contributed by atoms with Crippen LogP contribution in [0.1, 0.15) is 75.3 Å². The first-order chi connectivity index (χ1) is 19.2. The highest BCUT2D eigenvalue weighted by molar-refractivity contribution is 8.18. The number of rotatable bonds is 6. The summed E-state index contributed by atoms with van der Waals surface area (Å²) in [5.41, 5.74) is -1.17. The second kappa shape index (κ2) is 12.0. The highest BCUT2D eigenvalue weighted by atomic mass is 32.2. The molecule has 2 aliphatic carbocycles. The van der Waals surface area contributed by atoms with Crippen LogP contribution in [-0.2, 0) is 11.0 Å². The number of nitro benzene ring substituents is 1. The van der Waals surface area contributed by atoms with Gasteiger partial charge in [-0.25, -0.2) is 0 Å². The van der Waals surface area contributed by atoms with Crippen molar-refractivity contribution in [1.82, 2.24) is 4.90 Å². The normalized spacial score (nSPS) is 21.4. The van der Waals surface area contributed by atoms with Gasteiger partial charge in [-0.15, -0.1) is 0 Å². The Labute approximate surface area is 234 Å². The van der Waals surface area contributed by atoms with Gasteiger partial charge in [0.15, 0.2) is 5.17 Å². The highest BCUT2D eigenvalue weighted by Crippen LogP contribution is 2.40. The number of alkyl halides is 3. The molecule has 1 saturated heterocycles. The van der Waals surface area contributed by atoms with E-state index in [1.54, 1.807) is 30.3 Å². The number of amidine groups is 1. The molecule has 0 atom stereocenters. The monoisotopic (exact) mass is 573 g/mol. The third-order valence-electron chi connectivity index (χ3n) is 7.53. The zero-order chi connectivity index (χ0) is 28.3. The second-order valence-corrected chi connectivity index (χ2v) is 11.4. The van der Waals surface area contributed by atoms with E-state index in [2.05, 4.69) is 0 Å². The van der Waals surface area contributed by atoms with E-state index in [0.29, 0.717) is 11.0 Å². The van der Waals surface area contributed by atoms with Gasteiger partial charge in [0.05, 0.1) is 21.4 Å². The summed E-state index contributed by atoms with van der Waals surface area (Å²) in [6.07, 6.45) is 8.11. The van der Waals surface area contributed by atoms with E-state index in [1.165, 1.54) is 24.6 Å². The summed E-state index contributed by atoms with van der Waals surface area (Å²) in [5, 5.41) is 12.2. The maximum absolute atomic E-state index is 13.6. The summed E-state index contributed by atoms with van der Waals surface area (Å²) in [7, 11) is 0. The Morgan fingerprint density at radius 2 is 1.62 bits per heavy atom. The number of halogens is 3. The summed E-state index contributed by atoms with van der Waals surface area (Å²) in [5.74, 6) is -0.108. The number of hydrogen-bond donors (Lipinski definition) is 0. The lowest BCUT2D eigenvalue weighted by Gasteiger charge is -2.31. The fourth-order valence-corrected chi connectivity index (χ4v) is 6.55. The van der Waals surface area contributed by atoms with Gasteiger partial charge in [-0.1, -0.05) is 50.7 Å². The number of thioether (sulfide) groups is 1. The fourth-order valence-electron chi connectivity index (χ4n) is 5.44. The van der Waals surface area contributed by atoms with Crippen LogP contribution < -0.4 is 4.74 Å². The van der Waals surface area contributed by atoms with E-state index in [9.17, 15) is 28.1 Å². The Balaban J connectivity index is 1.35. The predicted octanol–water partition coefficient (Wildman–Crippen LogP) is 8.34. The van der Waals surface area contributed by atoms with Gasteiger partial charge < -0.3 is 4.74 Å². The Kier molecular flexibility index (Phi) is 8.48. The molecule has 1 aliphatic heterocycles. The molecule has 2 aromatic carbocycles. The SMILES string of the molecule is O=C1C(=Cc2ccc(Oc3ccc(C(F)(F)F)cc3[N+](=O)[O-])cc2)SC(=NC2CCCCC2)N1C1CCCCC1. The smallest absolute Gasteiger partial charge is 0.416 e. The molecule has 1 heterocycles. The standard InChI is InChI=1S/C29H30F3N3O4S/c30-29(31,32)20-13-16-25(24(18-20)35(37)38)39-23-14-11-19(12-15-23)17-26-27(36)34(22-9-5-2-6-10-22)28(40-26)33-21-7-3-1-4-8-21/h11-18,21-22H,1-10H2. The molecule has 5 rings (SSSR count). The number of carbonyl (C=O) groups excluding carboxylic acids is 1. The van der Waals surface area contributed by atoms with E-state index in [0.717, 1.165) is 74.2 Å². The van der Waals surface area contributed by atoms with Crippen LogP contribution in [0.5, 0.6) is 11.5 Å². The number of hydrogen-bond acceptors (Lipinski definition) is 6. The minimum absolute atomic E-state index is 0.0350. The minimum Gasteiger partial charge on any atom is -0.450 e. The Morgan fingerprint density at radius 3 is 2.25 bits per heavy atom. The Bertz CT molecular complexity index is 1310. The number of ether oxygens (including phenoxy) is 1. The first-order valence-electron chi connectivity index (χ1n) is 13.6. The molecule has 7 nitrogen and oxygen atoms in total. The largest absolute Gasteiger partial charge is 0.450 e. The molecule has 0 spiro atoms. The van der Waals surface area contributed by atoms with Crippen molar-refractivity contribution in [2.75, 3.05) is 0 Å². The van der Waals surface area contributed by atoms with E-state index in [-0.39, 0.29) is 29.5 Å². The molecular weight excluding hydrogens is 543 g/mol. The van der Waals surface area contributed by atoms with Gasteiger partial charge >= 0.3 is 11.9 Å². The van der Waals surface area contributed by atoms with Crippen molar-refractivity contribution < 1.29 is 27.6 Å². The maximum atomic E-state index is 13.6. The summed E-state index contributed by atoms with van der Waals surface area (Å²) in [6, 6.07) is 9.09. The molecule has 0 aromatic heterocycles. The minimum atomic E-state index is -4.71. The molecule has 2 saturated carbocycles. The average molecular weight is 574 g/mol. The van der Waals surface area contributed by atoms with E-state index in [1.807, 2.05) is 4.90 Å². The summed E-state index contributed by atoms with van der Waals surface area (Å²) in [6.45, 7) is 0. The van der Waals surface area contributed by atoms with Crippen LogP contribution in [0.4, 0.5) is 18.9 Å². The molecule has 3 aliphatic rings. The molecule has 0 radical (unpaired) electrons. The van der Waals surface area contributed by atoms with Gasteiger partial charge in [-0.05, 0) is 73.4 Å². The van der Waals surface area contributed by atoms with Gasteiger partial charge in [0, 0.05) is 12.1 Å². The topological polar surface area (TPSA) is 85.0 Å². The number of nitrogens with zero attached hydrogens (tertiary/aromatic N) is 3. The van der Waals surface area contributed by atoms with Crippen LogP contribution in [-0.4, -0.2) is 33.0 Å². The lowest BCUT2D eigenvalue weighted by Crippen LogP contribution is -2.41. The Hall–Kier alpha value is -3.34. The molecular formula is C29H30F3N3O4S. The lowest BCUT2D eigenvalue weighted by molar-refractivity contribution is -0.385. The molecule has 11 heteroatoms. The van der Waals surface area contributed by atoms with Gasteiger partial charge in [0.1, 0.15) is 5.75 Å². The number of benzene rings is 2. The first-order valence-corrected chi connectivity index (χ1v) is 14.4. The van der Waals surface area contributed by atoms with Crippen molar-refractivity contribution in [1.29, 1.82) is 0 Å².